The Bertz CT molecular complexity index is 565. The fraction of sp³-hybridized carbons (Fsp3) is 0.0714. The van der Waals surface area contributed by atoms with E-state index in [1.165, 1.54) is 0 Å². The summed E-state index contributed by atoms with van der Waals surface area (Å²) in [5, 5.41) is 12.7. The molecule has 2 aromatic rings. The second-order valence-corrected chi connectivity index (χ2v) is 4.16. The topological polar surface area (TPSA) is 35.8 Å². The molecule has 0 saturated carbocycles. The van der Waals surface area contributed by atoms with E-state index in [1.54, 1.807) is 12.1 Å². The molecule has 0 amide bonds. The molecule has 2 rings (SSSR count). The minimum Gasteiger partial charge on any atom is -0.354 e. The van der Waals surface area contributed by atoms with Gasteiger partial charge in [-0.1, -0.05) is 29.8 Å². The van der Waals surface area contributed by atoms with Crippen LogP contribution in [-0.4, -0.2) is 0 Å². The molecule has 0 unspecified atom stereocenters. The van der Waals surface area contributed by atoms with Crippen molar-refractivity contribution in [2.24, 2.45) is 0 Å². The Labute approximate surface area is 105 Å². The molecule has 0 aromatic heterocycles. The van der Waals surface area contributed by atoms with Crippen LogP contribution in [0.3, 0.4) is 0 Å². The SMILES string of the molecule is Cc1cccc(Cl)c1Nc1cccc(C#N)c1. The molecule has 0 atom stereocenters. The maximum absolute atomic E-state index is 8.83. The fourth-order valence-electron chi connectivity index (χ4n) is 1.60. The molecule has 0 heterocycles. The first kappa shape index (κ1) is 11.5. The van der Waals surface area contributed by atoms with Gasteiger partial charge in [-0.3, -0.25) is 0 Å². The molecular weight excluding hydrogens is 232 g/mol. The highest BCUT2D eigenvalue weighted by Crippen LogP contribution is 2.28. The van der Waals surface area contributed by atoms with Crippen LogP contribution >= 0.6 is 11.6 Å². The Morgan fingerprint density at radius 2 is 1.94 bits per heavy atom. The minimum absolute atomic E-state index is 0.625. The molecule has 2 nitrogen and oxygen atoms in total. The van der Waals surface area contributed by atoms with Gasteiger partial charge in [0, 0.05) is 5.69 Å². The van der Waals surface area contributed by atoms with Crippen molar-refractivity contribution in [2.45, 2.75) is 6.92 Å². The molecule has 17 heavy (non-hydrogen) atoms. The van der Waals surface area contributed by atoms with Crippen LogP contribution in [0.5, 0.6) is 0 Å². The van der Waals surface area contributed by atoms with E-state index in [0.29, 0.717) is 10.6 Å². The van der Waals surface area contributed by atoms with Crippen molar-refractivity contribution in [2.75, 3.05) is 5.32 Å². The van der Waals surface area contributed by atoms with Crippen LogP contribution in [0, 0.1) is 18.3 Å². The summed E-state index contributed by atoms with van der Waals surface area (Å²) in [5.41, 5.74) is 3.43. The van der Waals surface area contributed by atoms with Crippen LogP contribution in [-0.2, 0) is 0 Å². The zero-order valence-corrected chi connectivity index (χ0v) is 10.1. The predicted octanol–water partition coefficient (Wildman–Crippen LogP) is 4.26. The van der Waals surface area contributed by atoms with Gasteiger partial charge in [-0.05, 0) is 36.8 Å². The molecule has 3 heteroatoms. The molecule has 2 aromatic carbocycles. The van der Waals surface area contributed by atoms with E-state index in [0.717, 1.165) is 16.9 Å². The Hall–Kier alpha value is -1.98. The first-order valence-electron chi connectivity index (χ1n) is 5.23. The number of hydrogen-bond acceptors (Lipinski definition) is 2. The number of nitriles is 1. The summed E-state index contributed by atoms with van der Waals surface area (Å²) in [6.07, 6.45) is 0. The third-order valence-electron chi connectivity index (χ3n) is 2.48. The molecule has 0 saturated heterocycles. The van der Waals surface area contributed by atoms with Crippen LogP contribution in [0.2, 0.25) is 5.02 Å². The number of para-hydroxylation sites is 1. The Morgan fingerprint density at radius 3 is 2.65 bits per heavy atom. The zero-order valence-electron chi connectivity index (χ0n) is 9.37. The predicted molar refractivity (Wildman–Crippen MR) is 70.6 cm³/mol. The van der Waals surface area contributed by atoms with E-state index in [-0.39, 0.29) is 0 Å². The van der Waals surface area contributed by atoms with Crippen molar-refractivity contribution in [3.05, 3.63) is 58.6 Å². The summed E-state index contributed by atoms with van der Waals surface area (Å²) in [6, 6.07) is 15.2. The van der Waals surface area contributed by atoms with Gasteiger partial charge >= 0.3 is 0 Å². The number of nitrogens with one attached hydrogen (secondary N) is 1. The summed E-state index contributed by atoms with van der Waals surface area (Å²) in [7, 11) is 0. The smallest absolute Gasteiger partial charge is 0.0992 e. The van der Waals surface area contributed by atoms with E-state index in [1.807, 2.05) is 37.3 Å². The normalized spacial score (nSPS) is 9.71. The molecule has 0 aliphatic heterocycles. The minimum atomic E-state index is 0.625. The van der Waals surface area contributed by atoms with Gasteiger partial charge in [0.1, 0.15) is 0 Å². The number of benzene rings is 2. The van der Waals surface area contributed by atoms with E-state index < -0.39 is 0 Å². The monoisotopic (exact) mass is 242 g/mol. The standard InChI is InChI=1S/C14H11ClN2/c1-10-4-2-7-13(15)14(10)17-12-6-3-5-11(8-12)9-16/h2-8,17H,1H3. The van der Waals surface area contributed by atoms with E-state index >= 15 is 0 Å². The lowest BCUT2D eigenvalue weighted by molar-refractivity contribution is 1.42. The molecule has 0 aliphatic rings. The zero-order chi connectivity index (χ0) is 12.3. The number of rotatable bonds is 2. The summed E-state index contributed by atoms with van der Waals surface area (Å²) < 4.78 is 0. The van der Waals surface area contributed by atoms with E-state index in [4.69, 9.17) is 16.9 Å². The summed E-state index contributed by atoms with van der Waals surface area (Å²) in [5.74, 6) is 0. The number of aryl methyl sites for hydroxylation is 1. The molecule has 84 valence electrons. The van der Waals surface area contributed by atoms with Crippen molar-refractivity contribution < 1.29 is 0 Å². The van der Waals surface area contributed by atoms with Crippen LogP contribution in [0.15, 0.2) is 42.5 Å². The highest BCUT2D eigenvalue weighted by Gasteiger charge is 2.04. The first-order valence-corrected chi connectivity index (χ1v) is 5.61. The third-order valence-corrected chi connectivity index (χ3v) is 2.80. The summed E-state index contributed by atoms with van der Waals surface area (Å²) in [6.45, 7) is 1.99. The first-order chi connectivity index (χ1) is 8.20. The second-order valence-electron chi connectivity index (χ2n) is 3.75. The van der Waals surface area contributed by atoms with Crippen LogP contribution in [0.25, 0.3) is 0 Å². The van der Waals surface area contributed by atoms with Gasteiger partial charge in [0.2, 0.25) is 0 Å². The van der Waals surface area contributed by atoms with Gasteiger partial charge in [0.25, 0.3) is 0 Å². The van der Waals surface area contributed by atoms with Gasteiger partial charge in [-0.2, -0.15) is 5.26 Å². The maximum Gasteiger partial charge on any atom is 0.0992 e. The average Bonchev–Trinajstić information content (AvgIpc) is 2.34. The second kappa shape index (κ2) is 4.90. The molecule has 0 fully saturated rings. The molecule has 1 N–H and O–H groups in total. The highest BCUT2D eigenvalue weighted by atomic mass is 35.5. The lowest BCUT2D eigenvalue weighted by Gasteiger charge is -2.11. The van der Waals surface area contributed by atoms with Crippen LogP contribution in [0.4, 0.5) is 11.4 Å². The Kier molecular flexibility index (Phi) is 3.32. The molecule has 0 bridgehead atoms. The number of anilines is 2. The molecule has 0 aliphatic carbocycles. The van der Waals surface area contributed by atoms with E-state index in [2.05, 4.69) is 11.4 Å². The van der Waals surface area contributed by atoms with Gasteiger partial charge in [-0.25, -0.2) is 0 Å². The van der Waals surface area contributed by atoms with Gasteiger partial charge in [-0.15, -0.1) is 0 Å². The van der Waals surface area contributed by atoms with E-state index in [9.17, 15) is 0 Å². The van der Waals surface area contributed by atoms with Crippen LogP contribution < -0.4 is 5.32 Å². The molecule has 0 spiro atoms. The average molecular weight is 243 g/mol. The number of halogens is 1. The fourth-order valence-corrected chi connectivity index (χ4v) is 1.87. The number of nitrogens with zero attached hydrogens (tertiary/aromatic N) is 1. The summed E-state index contributed by atoms with van der Waals surface area (Å²) >= 11 is 6.13. The van der Waals surface area contributed by atoms with Crippen molar-refractivity contribution in [3.8, 4) is 6.07 Å². The van der Waals surface area contributed by atoms with Gasteiger partial charge < -0.3 is 5.32 Å². The van der Waals surface area contributed by atoms with Gasteiger partial charge in [0.15, 0.2) is 0 Å². The Balaban J connectivity index is 2.35. The van der Waals surface area contributed by atoms with Crippen molar-refractivity contribution in [1.29, 1.82) is 5.26 Å². The highest BCUT2D eigenvalue weighted by molar-refractivity contribution is 6.33. The van der Waals surface area contributed by atoms with Crippen molar-refractivity contribution in [1.82, 2.24) is 0 Å². The largest absolute Gasteiger partial charge is 0.354 e. The summed E-state index contributed by atoms with van der Waals surface area (Å²) in [4.78, 5) is 0. The quantitative estimate of drug-likeness (QED) is 0.854. The van der Waals surface area contributed by atoms with Crippen molar-refractivity contribution >= 4 is 23.0 Å². The number of hydrogen-bond donors (Lipinski definition) is 1. The van der Waals surface area contributed by atoms with Crippen molar-refractivity contribution in [3.63, 3.8) is 0 Å². The Morgan fingerprint density at radius 1 is 1.18 bits per heavy atom. The van der Waals surface area contributed by atoms with Gasteiger partial charge in [0.05, 0.1) is 22.3 Å². The third kappa shape index (κ3) is 2.58. The van der Waals surface area contributed by atoms with Crippen LogP contribution in [0.1, 0.15) is 11.1 Å². The lowest BCUT2D eigenvalue weighted by atomic mass is 10.1. The molecule has 0 radical (unpaired) electrons. The molecular formula is C14H11ClN2. The lowest BCUT2D eigenvalue weighted by Crippen LogP contribution is -1.94. The maximum atomic E-state index is 8.83.